The molecule has 166 valence electrons. The van der Waals surface area contributed by atoms with Gasteiger partial charge in [-0.2, -0.15) is 0 Å². The van der Waals surface area contributed by atoms with E-state index in [0.29, 0.717) is 0 Å². The Kier molecular flexibility index (Phi) is 24.2. The molecule has 0 saturated carbocycles. The van der Waals surface area contributed by atoms with E-state index in [9.17, 15) is 0 Å². The molecule has 0 amide bonds. The minimum absolute atomic E-state index is 0.986. The molecule has 0 nitrogen and oxygen atoms in total. The molecule has 0 aromatic carbocycles. The van der Waals surface area contributed by atoms with E-state index in [4.69, 9.17) is 0 Å². The topological polar surface area (TPSA) is 0 Å². The monoisotopic (exact) mass is 390 g/mol. The van der Waals surface area contributed by atoms with Gasteiger partial charge in [0.25, 0.3) is 0 Å². The second-order valence-electron chi connectivity index (χ2n) is 9.01. The molecule has 0 aromatic heterocycles. The van der Waals surface area contributed by atoms with E-state index in [1.807, 2.05) is 0 Å². The molecule has 0 rings (SSSR count). The van der Waals surface area contributed by atoms with E-state index in [-0.39, 0.29) is 0 Å². The summed E-state index contributed by atoms with van der Waals surface area (Å²) in [6.07, 6.45) is 30.5. The first-order chi connectivity index (χ1) is 13.8. The van der Waals surface area contributed by atoms with E-state index in [2.05, 4.69) is 32.6 Å². The molecule has 0 heterocycles. The molecule has 0 spiro atoms. The van der Waals surface area contributed by atoms with Crippen LogP contribution in [0.15, 0.2) is 0 Å². The van der Waals surface area contributed by atoms with Gasteiger partial charge in [0.05, 0.1) is 0 Å². The van der Waals surface area contributed by atoms with Gasteiger partial charge < -0.3 is 0 Å². The Bertz CT molecular complexity index is 332. The van der Waals surface area contributed by atoms with Gasteiger partial charge in [-0.15, -0.1) is 11.8 Å². The third-order valence-electron chi connectivity index (χ3n) is 6.24. The van der Waals surface area contributed by atoms with Crippen molar-refractivity contribution in [3.63, 3.8) is 0 Å². The van der Waals surface area contributed by atoms with Crippen LogP contribution >= 0.6 is 0 Å². The molecule has 0 fully saturated rings. The molecule has 0 aliphatic rings. The molecule has 0 radical (unpaired) electrons. The Hall–Kier alpha value is -0.440. The molecule has 1 atom stereocenters. The predicted octanol–water partition coefficient (Wildman–Crippen LogP) is 10.2. The molecule has 0 N–H and O–H groups in total. The highest BCUT2D eigenvalue weighted by molar-refractivity contribution is 4.98. The Morgan fingerprint density at radius 3 is 1.21 bits per heavy atom. The fourth-order valence-corrected chi connectivity index (χ4v) is 4.11. The van der Waals surface area contributed by atoms with E-state index >= 15 is 0 Å². The van der Waals surface area contributed by atoms with Crippen LogP contribution in [0.3, 0.4) is 0 Å². The maximum atomic E-state index is 3.42. The van der Waals surface area contributed by atoms with Crippen molar-refractivity contribution >= 4 is 0 Å². The minimum Gasteiger partial charge on any atom is -0.103 e. The molecule has 0 heteroatoms. The second-order valence-corrected chi connectivity index (χ2v) is 9.01. The van der Waals surface area contributed by atoms with Gasteiger partial charge in [0.2, 0.25) is 0 Å². The molecule has 0 aliphatic carbocycles. The van der Waals surface area contributed by atoms with Crippen molar-refractivity contribution in [1.82, 2.24) is 0 Å². The number of hydrogen-bond donors (Lipinski definition) is 0. The van der Waals surface area contributed by atoms with Crippen LogP contribution in [-0.4, -0.2) is 0 Å². The zero-order valence-corrected chi connectivity index (χ0v) is 20.1. The van der Waals surface area contributed by atoms with Crippen LogP contribution in [-0.2, 0) is 0 Å². The lowest BCUT2D eigenvalue weighted by atomic mass is 9.92. The summed E-state index contributed by atoms with van der Waals surface area (Å²) < 4.78 is 0. The second kappa shape index (κ2) is 24.6. The predicted molar refractivity (Wildman–Crippen MR) is 130 cm³/mol. The minimum atomic E-state index is 0.986. The molecule has 0 aliphatic heterocycles. The maximum absolute atomic E-state index is 3.42. The van der Waals surface area contributed by atoms with Gasteiger partial charge in [0.15, 0.2) is 0 Å². The largest absolute Gasteiger partial charge is 0.103 e. The van der Waals surface area contributed by atoms with E-state index in [1.165, 1.54) is 128 Å². The summed E-state index contributed by atoms with van der Waals surface area (Å²) in [4.78, 5) is 0. The number of unbranched alkanes of at least 4 members (excludes halogenated alkanes) is 16. The van der Waals surface area contributed by atoms with E-state index in [0.717, 1.165) is 18.8 Å². The average Bonchev–Trinajstić information content (AvgIpc) is 2.71. The molecular weight excluding hydrogens is 336 g/mol. The number of hydrogen-bond acceptors (Lipinski definition) is 0. The van der Waals surface area contributed by atoms with Crippen molar-refractivity contribution in [1.29, 1.82) is 0 Å². The first-order valence-corrected chi connectivity index (χ1v) is 13.3. The van der Waals surface area contributed by atoms with Crippen LogP contribution < -0.4 is 0 Å². The third-order valence-corrected chi connectivity index (χ3v) is 6.24. The normalized spacial score (nSPS) is 12.0. The molecule has 28 heavy (non-hydrogen) atoms. The van der Waals surface area contributed by atoms with Crippen LogP contribution in [0.4, 0.5) is 0 Å². The standard InChI is InChI=1S/C28H54/c1-4-7-9-11-12-13-14-15-16-17-18-19-20-21-23-25-27-28(6-3)26-24-22-10-8-5-2/h28H,4-17,20-27H2,1-3H3. The van der Waals surface area contributed by atoms with Crippen molar-refractivity contribution in [3.05, 3.63) is 0 Å². The van der Waals surface area contributed by atoms with Gasteiger partial charge in [-0.25, -0.2) is 0 Å². The van der Waals surface area contributed by atoms with Crippen molar-refractivity contribution < 1.29 is 0 Å². The van der Waals surface area contributed by atoms with Crippen molar-refractivity contribution in [2.24, 2.45) is 5.92 Å². The first kappa shape index (κ1) is 27.6. The molecule has 0 bridgehead atoms. The van der Waals surface area contributed by atoms with Crippen LogP contribution in [0.1, 0.15) is 162 Å². The molecule has 1 unspecified atom stereocenters. The zero-order chi connectivity index (χ0) is 20.5. The Balaban J connectivity index is 3.33. The highest BCUT2D eigenvalue weighted by Gasteiger charge is 2.05. The average molecular weight is 391 g/mol. The van der Waals surface area contributed by atoms with Gasteiger partial charge in [-0.1, -0.05) is 136 Å². The van der Waals surface area contributed by atoms with Crippen LogP contribution in [0.5, 0.6) is 0 Å². The van der Waals surface area contributed by atoms with Gasteiger partial charge >= 0.3 is 0 Å². The van der Waals surface area contributed by atoms with Gasteiger partial charge in [0.1, 0.15) is 0 Å². The van der Waals surface area contributed by atoms with Gasteiger partial charge in [-0.05, 0) is 18.8 Å². The molecular formula is C28H54. The summed E-state index contributed by atoms with van der Waals surface area (Å²) in [5.74, 6) is 7.81. The summed E-state index contributed by atoms with van der Waals surface area (Å²) in [5, 5.41) is 0. The summed E-state index contributed by atoms with van der Waals surface area (Å²) >= 11 is 0. The van der Waals surface area contributed by atoms with Crippen LogP contribution in [0.2, 0.25) is 0 Å². The van der Waals surface area contributed by atoms with Gasteiger partial charge in [0, 0.05) is 12.8 Å². The fraction of sp³-hybridized carbons (Fsp3) is 0.929. The summed E-state index contributed by atoms with van der Waals surface area (Å²) in [6, 6.07) is 0. The highest BCUT2D eigenvalue weighted by Crippen LogP contribution is 2.21. The summed E-state index contributed by atoms with van der Waals surface area (Å²) in [5.41, 5.74) is 0. The van der Waals surface area contributed by atoms with Crippen molar-refractivity contribution in [2.45, 2.75) is 162 Å². The maximum Gasteiger partial charge on any atom is 0.00886 e. The van der Waals surface area contributed by atoms with Crippen molar-refractivity contribution in [2.75, 3.05) is 0 Å². The van der Waals surface area contributed by atoms with Crippen LogP contribution in [0, 0.1) is 17.8 Å². The lowest BCUT2D eigenvalue weighted by molar-refractivity contribution is 0.395. The zero-order valence-electron chi connectivity index (χ0n) is 20.1. The molecule has 0 saturated heterocycles. The Morgan fingerprint density at radius 2 is 0.786 bits per heavy atom. The summed E-state index contributed by atoms with van der Waals surface area (Å²) in [7, 11) is 0. The lowest BCUT2D eigenvalue weighted by Gasteiger charge is -2.14. The highest BCUT2D eigenvalue weighted by atomic mass is 14.1. The van der Waals surface area contributed by atoms with Gasteiger partial charge in [-0.3, -0.25) is 0 Å². The SMILES string of the molecule is CCCCCCCCCCCC#CCCCCCC(CC)CCCCCCC. The Labute approximate surface area is 180 Å². The van der Waals surface area contributed by atoms with E-state index in [1.54, 1.807) is 0 Å². The van der Waals surface area contributed by atoms with Crippen LogP contribution in [0.25, 0.3) is 0 Å². The lowest BCUT2D eigenvalue weighted by Crippen LogP contribution is -1.99. The van der Waals surface area contributed by atoms with Crippen molar-refractivity contribution in [3.8, 4) is 11.8 Å². The number of rotatable bonds is 21. The first-order valence-electron chi connectivity index (χ1n) is 13.3. The Morgan fingerprint density at radius 1 is 0.429 bits per heavy atom. The summed E-state index contributed by atoms with van der Waals surface area (Å²) in [6.45, 7) is 6.98. The molecule has 0 aromatic rings. The third kappa shape index (κ3) is 21.9. The quantitative estimate of drug-likeness (QED) is 0.135. The fourth-order valence-electron chi connectivity index (χ4n) is 4.11. The smallest absolute Gasteiger partial charge is 0.00886 e. The van der Waals surface area contributed by atoms with E-state index < -0.39 is 0 Å².